The van der Waals surface area contributed by atoms with Gasteiger partial charge in [-0.25, -0.2) is 0 Å². The summed E-state index contributed by atoms with van der Waals surface area (Å²) < 4.78 is 5.24. The second kappa shape index (κ2) is 6.36. The van der Waals surface area contributed by atoms with Gasteiger partial charge in [-0.05, 0) is 44.6 Å². The van der Waals surface area contributed by atoms with Crippen molar-refractivity contribution >= 4 is 5.91 Å². The molecule has 0 bridgehead atoms. The number of carbonyl (C=O) groups excluding carboxylic acids is 1. The van der Waals surface area contributed by atoms with Crippen molar-refractivity contribution in [3.63, 3.8) is 0 Å². The summed E-state index contributed by atoms with van der Waals surface area (Å²) in [6.45, 7) is 5.24. The molecule has 0 aromatic carbocycles. The molecule has 1 saturated carbocycles. The van der Waals surface area contributed by atoms with Crippen LogP contribution in [0.2, 0.25) is 0 Å². The van der Waals surface area contributed by atoms with Gasteiger partial charge in [0.05, 0.1) is 6.04 Å². The maximum atomic E-state index is 12.0. The molecule has 0 aromatic rings. The van der Waals surface area contributed by atoms with Gasteiger partial charge in [-0.15, -0.1) is 0 Å². The van der Waals surface area contributed by atoms with Crippen molar-refractivity contribution in [1.29, 1.82) is 0 Å². The molecule has 0 aromatic heterocycles. The van der Waals surface area contributed by atoms with E-state index >= 15 is 0 Å². The van der Waals surface area contributed by atoms with Crippen LogP contribution in [0, 0.1) is 11.8 Å². The molecule has 98 valence electrons. The van der Waals surface area contributed by atoms with E-state index in [0.717, 1.165) is 38.6 Å². The lowest BCUT2D eigenvalue weighted by Gasteiger charge is -2.17. The van der Waals surface area contributed by atoms with Crippen LogP contribution in [-0.2, 0) is 9.53 Å². The van der Waals surface area contributed by atoms with Gasteiger partial charge in [-0.2, -0.15) is 0 Å². The minimum absolute atomic E-state index is 0.0644. The Bertz CT molecular complexity index is 258. The predicted molar refractivity (Wildman–Crippen MR) is 66.7 cm³/mol. The van der Waals surface area contributed by atoms with Crippen molar-refractivity contribution in [3.8, 4) is 0 Å². The van der Waals surface area contributed by atoms with E-state index in [2.05, 4.69) is 10.6 Å². The van der Waals surface area contributed by atoms with E-state index in [-0.39, 0.29) is 11.9 Å². The normalized spacial score (nSPS) is 31.5. The minimum Gasteiger partial charge on any atom is -0.382 e. The molecule has 2 N–H and O–H groups in total. The Hall–Kier alpha value is -0.610. The Morgan fingerprint density at radius 2 is 2.35 bits per heavy atom. The average molecular weight is 240 g/mol. The number of fused-ring (bicyclic) bond motifs is 1. The van der Waals surface area contributed by atoms with Gasteiger partial charge in [0, 0.05) is 19.8 Å². The summed E-state index contributed by atoms with van der Waals surface area (Å²) in [5.74, 6) is 1.52. The lowest BCUT2D eigenvalue weighted by molar-refractivity contribution is -0.123. The standard InChI is InChI=1S/C13H24N2O2/c1-2-17-8-4-7-14-13(16)12-11-6-3-5-10(11)9-15-12/h10-12,15H,2-9H2,1H3,(H,14,16). The molecular formula is C13H24N2O2. The topological polar surface area (TPSA) is 50.4 Å². The van der Waals surface area contributed by atoms with Crippen molar-refractivity contribution < 1.29 is 9.53 Å². The van der Waals surface area contributed by atoms with Gasteiger partial charge in [0.25, 0.3) is 0 Å². The number of amides is 1. The first-order chi connectivity index (χ1) is 8.33. The number of nitrogens with one attached hydrogen (secondary N) is 2. The SMILES string of the molecule is CCOCCCNC(=O)C1NCC2CCCC21. The molecule has 1 aliphatic heterocycles. The van der Waals surface area contributed by atoms with E-state index < -0.39 is 0 Å². The Kier molecular flexibility index (Phi) is 4.80. The lowest BCUT2D eigenvalue weighted by atomic mass is 9.93. The Balaban J connectivity index is 1.66. The number of hydrogen-bond donors (Lipinski definition) is 2. The largest absolute Gasteiger partial charge is 0.382 e. The first-order valence-electron chi connectivity index (χ1n) is 6.91. The van der Waals surface area contributed by atoms with E-state index in [1.165, 1.54) is 19.3 Å². The second-order valence-electron chi connectivity index (χ2n) is 5.08. The molecule has 2 rings (SSSR count). The number of carbonyl (C=O) groups is 1. The number of hydrogen-bond acceptors (Lipinski definition) is 3. The molecule has 4 nitrogen and oxygen atoms in total. The first kappa shape index (κ1) is 12.8. The molecule has 1 aliphatic carbocycles. The van der Waals surface area contributed by atoms with Crippen molar-refractivity contribution in [2.45, 2.75) is 38.6 Å². The third-order valence-electron chi connectivity index (χ3n) is 4.00. The highest BCUT2D eigenvalue weighted by Gasteiger charge is 2.42. The molecule has 1 amide bonds. The van der Waals surface area contributed by atoms with E-state index in [4.69, 9.17) is 4.74 Å². The van der Waals surface area contributed by atoms with Crippen molar-refractivity contribution in [3.05, 3.63) is 0 Å². The molecule has 1 saturated heterocycles. The first-order valence-corrected chi connectivity index (χ1v) is 6.91. The molecule has 0 spiro atoms. The quantitative estimate of drug-likeness (QED) is 0.679. The number of rotatable bonds is 6. The van der Waals surface area contributed by atoms with E-state index in [1.54, 1.807) is 0 Å². The van der Waals surface area contributed by atoms with Crippen LogP contribution in [-0.4, -0.2) is 38.3 Å². The van der Waals surface area contributed by atoms with Crippen molar-refractivity contribution in [1.82, 2.24) is 10.6 Å². The molecule has 4 heteroatoms. The van der Waals surface area contributed by atoms with Crippen LogP contribution in [0.1, 0.15) is 32.6 Å². The van der Waals surface area contributed by atoms with Gasteiger partial charge >= 0.3 is 0 Å². The highest BCUT2D eigenvalue weighted by Crippen LogP contribution is 2.37. The van der Waals surface area contributed by atoms with Crippen LogP contribution >= 0.6 is 0 Å². The van der Waals surface area contributed by atoms with Crippen LogP contribution in [0.3, 0.4) is 0 Å². The predicted octanol–water partition coefficient (Wildman–Crippen LogP) is 0.917. The zero-order chi connectivity index (χ0) is 12.1. The van der Waals surface area contributed by atoms with Gasteiger partial charge in [-0.1, -0.05) is 6.42 Å². The summed E-state index contributed by atoms with van der Waals surface area (Å²) in [7, 11) is 0. The molecular weight excluding hydrogens is 216 g/mol. The third kappa shape index (κ3) is 3.19. The molecule has 3 unspecified atom stereocenters. The smallest absolute Gasteiger partial charge is 0.237 e. The summed E-state index contributed by atoms with van der Waals surface area (Å²) in [4.78, 5) is 12.0. The van der Waals surface area contributed by atoms with E-state index in [9.17, 15) is 4.79 Å². The van der Waals surface area contributed by atoms with Gasteiger partial charge in [0.15, 0.2) is 0 Å². The Morgan fingerprint density at radius 1 is 1.47 bits per heavy atom. The van der Waals surface area contributed by atoms with Gasteiger partial charge in [0.2, 0.25) is 5.91 Å². The monoisotopic (exact) mass is 240 g/mol. The highest BCUT2D eigenvalue weighted by molar-refractivity contribution is 5.82. The lowest BCUT2D eigenvalue weighted by Crippen LogP contribution is -2.44. The molecule has 2 fully saturated rings. The van der Waals surface area contributed by atoms with Crippen molar-refractivity contribution in [2.24, 2.45) is 11.8 Å². The van der Waals surface area contributed by atoms with Crippen LogP contribution < -0.4 is 10.6 Å². The highest BCUT2D eigenvalue weighted by atomic mass is 16.5. The summed E-state index contributed by atoms with van der Waals surface area (Å²) >= 11 is 0. The molecule has 1 heterocycles. The van der Waals surface area contributed by atoms with Crippen molar-refractivity contribution in [2.75, 3.05) is 26.3 Å². The fourth-order valence-electron chi connectivity index (χ4n) is 3.11. The molecule has 0 radical (unpaired) electrons. The average Bonchev–Trinajstić information content (AvgIpc) is 2.90. The minimum atomic E-state index is 0.0644. The van der Waals surface area contributed by atoms with Gasteiger partial charge in [-0.3, -0.25) is 4.79 Å². The van der Waals surface area contributed by atoms with Crippen LogP contribution in [0.15, 0.2) is 0 Å². The second-order valence-corrected chi connectivity index (χ2v) is 5.08. The molecule has 2 aliphatic rings. The van der Waals surface area contributed by atoms with Gasteiger partial charge in [0.1, 0.15) is 0 Å². The van der Waals surface area contributed by atoms with Crippen LogP contribution in [0.25, 0.3) is 0 Å². The summed E-state index contributed by atoms with van der Waals surface area (Å²) in [6.07, 6.45) is 4.71. The fourth-order valence-corrected chi connectivity index (χ4v) is 3.11. The molecule has 3 atom stereocenters. The van der Waals surface area contributed by atoms with E-state index in [1.807, 2.05) is 6.92 Å². The maximum absolute atomic E-state index is 12.0. The Morgan fingerprint density at radius 3 is 3.18 bits per heavy atom. The summed E-state index contributed by atoms with van der Waals surface area (Å²) in [5.41, 5.74) is 0. The Labute approximate surface area is 103 Å². The summed E-state index contributed by atoms with van der Waals surface area (Å²) in [5, 5.41) is 6.38. The fraction of sp³-hybridized carbons (Fsp3) is 0.923. The zero-order valence-corrected chi connectivity index (χ0v) is 10.7. The van der Waals surface area contributed by atoms with Gasteiger partial charge < -0.3 is 15.4 Å². The molecule has 17 heavy (non-hydrogen) atoms. The maximum Gasteiger partial charge on any atom is 0.237 e. The van der Waals surface area contributed by atoms with Crippen LogP contribution in [0.5, 0.6) is 0 Å². The summed E-state index contributed by atoms with van der Waals surface area (Å²) in [6, 6.07) is 0.0644. The van der Waals surface area contributed by atoms with Crippen LogP contribution in [0.4, 0.5) is 0 Å². The van der Waals surface area contributed by atoms with E-state index in [0.29, 0.717) is 5.92 Å². The third-order valence-corrected chi connectivity index (χ3v) is 4.00. The number of ether oxygens (including phenoxy) is 1. The zero-order valence-electron chi connectivity index (χ0n) is 10.7.